The van der Waals surface area contributed by atoms with Crippen molar-refractivity contribution in [2.75, 3.05) is 0 Å². The predicted molar refractivity (Wildman–Crippen MR) is 80.7 cm³/mol. The minimum absolute atomic E-state index is 0.0190. The first kappa shape index (κ1) is 14.4. The molecule has 0 radical (unpaired) electrons. The maximum absolute atomic E-state index is 11.7. The van der Waals surface area contributed by atoms with Gasteiger partial charge in [-0.05, 0) is 62.8 Å². The van der Waals surface area contributed by atoms with Crippen LogP contribution in [0.2, 0.25) is 0 Å². The van der Waals surface area contributed by atoms with Crippen LogP contribution in [0.15, 0.2) is 18.2 Å². The summed E-state index contributed by atoms with van der Waals surface area (Å²) in [5.41, 5.74) is 1.65. The SMILES string of the molecule is Cc1ccc(OC2CCC(NC3CC3)(C(=O)O)C2)cc1C. The number of benzene rings is 1. The fourth-order valence-electron chi connectivity index (χ4n) is 3.09. The molecule has 0 bridgehead atoms. The zero-order valence-corrected chi connectivity index (χ0v) is 12.7. The number of hydrogen-bond donors (Lipinski definition) is 2. The van der Waals surface area contributed by atoms with Gasteiger partial charge in [0.1, 0.15) is 17.4 Å². The van der Waals surface area contributed by atoms with Crippen molar-refractivity contribution in [1.82, 2.24) is 5.32 Å². The van der Waals surface area contributed by atoms with Crippen LogP contribution in [-0.2, 0) is 4.79 Å². The summed E-state index contributed by atoms with van der Waals surface area (Å²) in [5.74, 6) is 0.108. The van der Waals surface area contributed by atoms with E-state index in [1.165, 1.54) is 11.1 Å². The standard InChI is InChI=1S/C17H23NO3/c1-11-3-6-14(9-12(11)2)21-15-7-8-17(10-15,16(19)20)18-13-4-5-13/h3,6,9,13,15,18H,4-5,7-8,10H2,1-2H3,(H,19,20). The van der Waals surface area contributed by atoms with Crippen LogP contribution >= 0.6 is 0 Å². The molecule has 0 spiro atoms. The molecule has 1 aromatic carbocycles. The third-order valence-corrected chi connectivity index (χ3v) is 4.72. The van der Waals surface area contributed by atoms with E-state index in [1.807, 2.05) is 18.2 Å². The smallest absolute Gasteiger partial charge is 0.324 e. The van der Waals surface area contributed by atoms with Gasteiger partial charge < -0.3 is 9.84 Å². The van der Waals surface area contributed by atoms with Gasteiger partial charge in [-0.3, -0.25) is 10.1 Å². The van der Waals surface area contributed by atoms with Gasteiger partial charge in [0.15, 0.2) is 0 Å². The Morgan fingerprint density at radius 3 is 2.67 bits per heavy atom. The highest BCUT2D eigenvalue weighted by molar-refractivity contribution is 5.79. The van der Waals surface area contributed by atoms with E-state index in [-0.39, 0.29) is 6.10 Å². The summed E-state index contributed by atoms with van der Waals surface area (Å²) < 4.78 is 6.02. The van der Waals surface area contributed by atoms with Gasteiger partial charge in [-0.25, -0.2) is 0 Å². The van der Waals surface area contributed by atoms with Gasteiger partial charge in [0, 0.05) is 12.5 Å². The van der Waals surface area contributed by atoms with E-state index in [4.69, 9.17) is 4.74 Å². The van der Waals surface area contributed by atoms with Crippen LogP contribution in [0.1, 0.15) is 43.2 Å². The van der Waals surface area contributed by atoms with E-state index >= 15 is 0 Å². The Morgan fingerprint density at radius 2 is 2.05 bits per heavy atom. The maximum Gasteiger partial charge on any atom is 0.324 e. The van der Waals surface area contributed by atoms with E-state index in [0.717, 1.165) is 25.0 Å². The Kier molecular flexibility index (Phi) is 3.66. The lowest BCUT2D eigenvalue weighted by Gasteiger charge is -2.26. The van der Waals surface area contributed by atoms with Crippen LogP contribution < -0.4 is 10.1 Å². The lowest BCUT2D eigenvalue weighted by atomic mass is 9.97. The van der Waals surface area contributed by atoms with Crippen molar-refractivity contribution >= 4 is 5.97 Å². The maximum atomic E-state index is 11.7. The van der Waals surface area contributed by atoms with Gasteiger partial charge in [-0.2, -0.15) is 0 Å². The molecule has 0 saturated heterocycles. The molecule has 2 N–H and O–H groups in total. The largest absolute Gasteiger partial charge is 0.490 e. The van der Waals surface area contributed by atoms with Gasteiger partial charge in [0.25, 0.3) is 0 Å². The minimum atomic E-state index is -0.786. The molecular formula is C17H23NO3. The summed E-state index contributed by atoms with van der Waals surface area (Å²) in [5, 5.41) is 12.9. The van der Waals surface area contributed by atoms with E-state index in [1.54, 1.807) is 0 Å². The molecule has 2 saturated carbocycles. The molecule has 1 aromatic rings. The number of hydrogen-bond acceptors (Lipinski definition) is 3. The summed E-state index contributed by atoms with van der Waals surface area (Å²) >= 11 is 0. The topological polar surface area (TPSA) is 58.6 Å². The van der Waals surface area contributed by atoms with Crippen molar-refractivity contribution in [2.24, 2.45) is 0 Å². The second-order valence-corrected chi connectivity index (χ2v) is 6.53. The molecule has 4 heteroatoms. The molecule has 3 rings (SSSR count). The zero-order valence-electron chi connectivity index (χ0n) is 12.7. The van der Waals surface area contributed by atoms with E-state index in [2.05, 4.69) is 19.2 Å². The number of carbonyl (C=O) groups is 1. The summed E-state index contributed by atoms with van der Waals surface area (Å²) in [6.07, 6.45) is 4.16. The molecule has 114 valence electrons. The Hall–Kier alpha value is -1.55. The Bertz CT molecular complexity index is 553. The number of ether oxygens (including phenoxy) is 1. The third kappa shape index (κ3) is 3.05. The number of aliphatic carboxylic acids is 1. The summed E-state index contributed by atoms with van der Waals surface area (Å²) in [6, 6.07) is 6.44. The Balaban J connectivity index is 1.67. The lowest BCUT2D eigenvalue weighted by Crippen LogP contribution is -2.51. The molecule has 2 unspecified atom stereocenters. The van der Waals surface area contributed by atoms with Crippen LogP contribution in [0.3, 0.4) is 0 Å². The minimum Gasteiger partial charge on any atom is -0.490 e. The van der Waals surface area contributed by atoms with E-state index in [9.17, 15) is 9.90 Å². The van der Waals surface area contributed by atoms with Gasteiger partial charge in [0.2, 0.25) is 0 Å². The Morgan fingerprint density at radius 1 is 1.29 bits per heavy atom. The zero-order chi connectivity index (χ0) is 15.0. The average Bonchev–Trinajstić information content (AvgIpc) is 3.14. The van der Waals surface area contributed by atoms with Crippen LogP contribution in [0.5, 0.6) is 5.75 Å². The number of carboxylic acids is 1. The third-order valence-electron chi connectivity index (χ3n) is 4.72. The molecule has 0 aliphatic heterocycles. The second-order valence-electron chi connectivity index (χ2n) is 6.53. The fourth-order valence-corrected chi connectivity index (χ4v) is 3.09. The molecule has 0 amide bonds. The van der Waals surface area contributed by atoms with Crippen LogP contribution in [0, 0.1) is 13.8 Å². The van der Waals surface area contributed by atoms with Gasteiger partial charge in [-0.1, -0.05) is 6.07 Å². The first-order valence-electron chi connectivity index (χ1n) is 7.73. The first-order chi connectivity index (χ1) is 9.98. The molecule has 21 heavy (non-hydrogen) atoms. The van der Waals surface area contributed by atoms with Gasteiger partial charge in [0.05, 0.1) is 0 Å². The number of rotatable bonds is 5. The number of aryl methyl sites for hydroxylation is 2. The van der Waals surface area contributed by atoms with E-state index in [0.29, 0.717) is 18.9 Å². The molecule has 2 aliphatic carbocycles. The molecule has 2 fully saturated rings. The van der Waals surface area contributed by atoms with Crippen molar-refractivity contribution < 1.29 is 14.6 Å². The van der Waals surface area contributed by atoms with Crippen molar-refractivity contribution in [3.63, 3.8) is 0 Å². The fraction of sp³-hybridized carbons (Fsp3) is 0.588. The van der Waals surface area contributed by atoms with Gasteiger partial charge >= 0.3 is 5.97 Å². The lowest BCUT2D eigenvalue weighted by molar-refractivity contribution is -0.145. The highest BCUT2D eigenvalue weighted by Gasteiger charge is 2.48. The molecule has 0 heterocycles. The van der Waals surface area contributed by atoms with Crippen LogP contribution in [-0.4, -0.2) is 28.8 Å². The number of carboxylic acid groups (broad SMARTS) is 1. The highest BCUT2D eigenvalue weighted by Crippen LogP contribution is 2.36. The summed E-state index contributed by atoms with van der Waals surface area (Å²) in [4.78, 5) is 11.7. The predicted octanol–water partition coefficient (Wildman–Crippen LogP) is 2.81. The molecule has 0 aromatic heterocycles. The quantitative estimate of drug-likeness (QED) is 0.875. The first-order valence-corrected chi connectivity index (χ1v) is 7.73. The van der Waals surface area contributed by atoms with Crippen molar-refractivity contribution in [2.45, 2.75) is 63.6 Å². The summed E-state index contributed by atoms with van der Waals surface area (Å²) in [7, 11) is 0. The Labute approximate surface area is 125 Å². The normalized spacial score (nSPS) is 28.6. The molecular weight excluding hydrogens is 266 g/mol. The molecule has 4 nitrogen and oxygen atoms in total. The molecule has 2 atom stereocenters. The highest BCUT2D eigenvalue weighted by atomic mass is 16.5. The van der Waals surface area contributed by atoms with Crippen LogP contribution in [0.25, 0.3) is 0 Å². The monoisotopic (exact) mass is 289 g/mol. The van der Waals surface area contributed by atoms with Crippen molar-refractivity contribution in [3.05, 3.63) is 29.3 Å². The average molecular weight is 289 g/mol. The van der Waals surface area contributed by atoms with Gasteiger partial charge in [-0.15, -0.1) is 0 Å². The van der Waals surface area contributed by atoms with Crippen molar-refractivity contribution in [1.29, 1.82) is 0 Å². The van der Waals surface area contributed by atoms with Crippen LogP contribution in [0.4, 0.5) is 0 Å². The van der Waals surface area contributed by atoms with Crippen molar-refractivity contribution in [3.8, 4) is 5.75 Å². The summed E-state index contributed by atoms with van der Waals surface area (Å²) in [6.45, 7) is 4.14. The molecule has 2 aliphatic rings. The van der Waals surface area contributed by atoms with E-state index < -0.39 is 11.5 Å². The second kappa shape index (κ2) is 5.34. The number of nitrogens with one attached hydrogen (secondary N) is 1.